The van der Waals surface area contributed by atoms with Gasteiger partial charge in [-0.1, -0.05) is 6.42 Å². The van der Waals surface area contributed by atoms with Gasteiger partial charge in [0.25, 0.3) is 5.91 Å². The molecule has 2 aromatic rings. The first-order chi connectivity index (χ1) is 13.2. The maximum Gasteiger partial charge on any atom is 0.257 e. The van der Waals surface area contributed by atoms with Crippen LogP contribution in [-0.2, 0) is 30.7 Å². The normalized spacial score (nSPS) is 18.1. The largest absolute Gasteiger partial charge is 0.467 e. The van der Waals surface area contributed by atoms with Crippen LogP contribution in [0.1, 0.15) is 52.3 Å². The molecule has 2 aliphatic rings. The van der Waals surface area contributed by atoms with Gasteiger partial charge in [-0.05, 0) is 37.3 Å². The maximum absolute atomic E-state index is 12.8. The van der Waals surface area contributed by atoms with E-state index in [9.17, 15) is 4.79 Å². The van der Waals surface area contributed by atoms with Crippen molar-refractivity contribution < 1.29 is 13.9 Å². The molecule has 4 rings (SSSR count). The molecule has 1 aliphatic heterocycles. The minimum atomic E-state index is -0.0302. The molecule has 0 radical (unpaired) electrons. The fraction of sp³-hybridized carbons (Fsp3) is 0.600. The van der Waals surface area contributed by atoms with Crippen LogP contribution >= 0.6 is 0 Å². The second-order valence-electron chi connectivity index (χ2n) is 7.54. The minimum absolute atomic E-state index is 0.0302. The molecule has 1 N–H and O–H groups in total. The van der Waals surface area contributed by atoms with E-state index in [4.69, 9.17) is 9.15 Å². The Labute approximate surface area is 159 Å². The van der Waals surface area contributed by atoms with Crippen LogP contribution in [0.25, 0.3) is 0 Å². The predicted octanol–water partition coefficient (Wildman–Crippen LogP) is 2.38. The van der Waals surface area contributed by atoms with Gasteiger partial charge in [0.2, 0.25) is 0 Å². The second-order valence-corrected chi connectivity index (χ2v) is 7.54. The Bertz CT molecular complexity index is 776. The number of ether oxygens (including phenoxy) is 1. The third kappa shape index (κ3) is 4.25. The molecule has 0 spiro atoms. The number of aryl methyl sites for hydroxylation is 1. The third-order valence-electron chi connectivity index (χ3n) is 5.51. The molecule has 0 unspecified atom stereocenters. The molecule has 1 aliphatic carbocycles. The zero-order valence-electron chi connectivity index (χ0n) is 16.0. The number of hydrogen-bond acceptors (Lipinski definition) is 5. The van der Waals surface area contributed by atoms with Gasteiger partial charge in [0.05, 0.1) is 37.6 Å². The number of nitrogens with zero attached hydrogens (tertiary/aromatic N) is 3. The lowest BCUT2D eigenvalue weighted by molar-refractivity contribution is 0.0313. The van der Waals surface area contributed by atoms with Gasteiger partial charge in [0, 0.05) is 25.8 Å². The van der Waals surface area contributed by atoms with E-state index in [0.29, 0.717) is 18.7 Å². The van der Waals surface area contributed by atoms with Gasteiger partial charge in [-0.25, -0.2) is 0 Å². The highest BCUT2D eigenvalue weighted by Crippen LogP contribution is 2.23. The summed E-state index contributed by atoms with van der Waals surface area (Å²) in [7, 11) is 1.83. The zero-order valence-corrected chi connectivity index (χ0v) is 16.0. The molecule has 146 valence electrons. The fourth-order valence-electron chi connectivity index (χ4n) is 3.93. The number of nitrogens with one attached hydrogen (secondary N) is 1. The molecule has 2 aromatic heterocycles. The van der Waals surface area contributed by atoms with E-state index >= 15 is 0 Å². The van der Waals surface area contributed by atoms with Gasteiger partial charge in [-0.15, -0.1) is 0 Å². The average molecular weight is 372 g/mol. The third-order valence-corrected chi connectivity index (χ3v) is 5.51. The van der Waals surface area contributed by atoms with E-state index in [-0.39, 0.29) is 5.91 Å². The number of furan rings is 1. The van der Waals surface area contributed by atoms with E-state index < -0.39 is 0 Å². The number of H-pyrrole nitrogens is 1. The van der Waals surface area contributed by atoms with Crippen molar-refractivity contribution in [2.24, 2.45) is 0 Å². The monoisotopic (exact) mass is 372 g/mol. The topological polar surface area (TPSA) is 74.6 Å². The summed E-state index contributed by atoms with van der Waals surface area (Å²) in [6.07, 6.45) is 7.36. The predicted molar refractivity (Wildman–Crippen MR) is 100 cm³/mol. The molecule has 0 aromatic carbocycles. The van der Waals surface area contributed by atoms with Crippen LogP contribution in [-0.4, -0.2) is 59.3 Å². The summed E-state index contributed by atoms with van der Waals surface area (Å²) in [6, 6.07) is 1.86. The Morgan fingerprint density at radius 2 is 2.07 bits per heavy atom. The van der Waals surface area contributed by atoms with E-state index in [2.05, 4.69) is 15.1 Å². The smallest absolute Gasteiger partial charge is 0.257 e. The number of carbonyl (C=O) groups is 1. The highest BCUT2D eigenvalue weighted by atomic mass is 16.5. The molecule has 0 bridgehead atoms. The first-order valence-electron chi connectivity index (χ1n) is 9.88. The van der Waals surface area contributed by atoms with E-state index in [1.807, 2.05) is 13.1 Å². The molecule has 1 fully saturated rings. The van der Waals surface area contributed by atoms with Gasteiger partial charge in [-0.2, -0.15) is 5.10 Å². The van der Waals surface area contributed by atoms with E-state index in [0.717, 1.165) is 50.6 Å². The van der Waals surface area contributed by atoms with Gasteiger partial charge < -0.3 is 14.1 Å². The van der Waals surface area contributed by atoms with Crippen molar-refractivity contribution in [3.63, 3.8) is 0 Å². The molecule has 3 heterocycles. The van der Waals surface area contributed by atoms with Crippen molar-refractivity contribution in [3.05, 3.63) is 40.6 Å². The van der Waals surface area contributed by atoms with Crippen molar-refractivity contribution in [1.29, 1.82) is 0 Å². The van der Waals surface area contributed by atoms with Crippen molar-refractivity contribution in [2.45, 2.75) is 45.2 Å². The summed E-state index contributed by atoms with van der Waals surface area (Å²) in [5.74, 6) is 0.791. The summed E-state index contributed by atoms with van der Waals surface area (Å²) >= 11 is 0. The number of amides is 1. The van der Waals surface area contributed by atoms with Gasteiger partial charge in [0.15, 0.2) is 0 Å². The molecule has 27 heavy (non-hydrogen) atoms. The maximum atomic E-state index is 12.8. The summed E-state index contributed by atoms with van der Waals surface area (Å²) in [6.45, 7) is 4.54. The summed E-state index contributed by atoms with van der Waals surface area (Å²) < 4.78 is 11.0. The first-order valence-corrected chi connectivity index (χ1v) is 9.88. The molecule has 0 saturated carbocycles. The van der Waals surface area contributed by atoms with Gasteiger partial charge >= 0.3 is 0 Å². The Hall–Kier alpha value is -2.12. The molecule has 1 saturated heterocycles. The number of fused-ring (bicyclic) bond motifs is 1. The van der Waals surface area contributed by atoms with Crippen molar-refractivity contribution >= 4 is 5.91 Å². The Kier molecular flexibility index (Phi) is 5.59. The number of morpholine rings is 1. The number of aromatic amines is 1. The van der Waals surface area contributed by atoms with Crippen molar-refractivity contribution in [3.8, 4) is 0 Å². The summed E-state index contributed by atoms with van der Waals surface area (Å²) in [4.78, 5) is 16.8. The first kappa shape index (κ1) is 18.3. The van der Waals surface area contributed by atoms with Crippen LogP contribution in [0.3, 0.4) is 0 Å². The Balaban J connectivity index is 1.38. The lowest BCUT2D eigenvalue weighted by Gasteiger charge is -2.25. The quantitative estimate of drug-likeness (QED) is 0.816. The van der Waals surface area contributed by atoms with Crippen LogP contribution in [0.15, 0.2) is 16.7 Å². The highest BCUT2D eigenvalue weighted by Gasteiger charge is 2.21. The summed E-state index contributed by atoms with van der Waals surface area (Å²) in [5, 5.41) is 7.65. The van der Waals surface area contributed by atoms with Crippen LogP contribution in [0.5, 0.6) is 0 Å². The number of carbonyl (C=O) groups excluding carboxylic acids is 1. The molecular formula is C20H28N4O3. The standard InChI is InChI=1S/C20H28N4O3/c1-23(13-19-17-5-3-2-4-6-18(17)21-22-19)20(25)15-11-16(27-14-15)12-24-7-9-26-10-8-24/h11,14H,2-10,12-13H2,1H3,(H,21,22). The van der Waals surface area contributed by atoms with Crippen molar-refractivity contribution in [1.82, 2.24) is 20.0 Å². The molecule has 7 heteroatoms. The van der Waals surface area contributed by atoms with Crippen LogP contribution in [0, 0.1) is 0 Å². The Morgan fingerprint density at radius 1 is 1.26 bits per heavy atom. The second kappa shape index (κ2) is 8.27. The van der Waals surface area contributed by atoms with Crippen LogP contribution < -0.4 is 0 Å². The SMILES string of the molecule is CN(Cc1n[nH]c2c1CCCCC2)C(=O)c1coc(CN2CCOCC2)c1. The number of hydrogen-bond donors (Lipinski definition) is 1. The van der Waals surface area contributed by atoms with Crippen molar-refractivity contribution in [2.75, 3.05) is 33.4 Å². The lowest BCUT2D eigenvalue weighted by Crippen LogP contribution is -2.35. The average Bonchev–Trinajstić information content (AvgIpc) is 3.22. The number of rotatable bonds is 5. The molecular weight excluding hydrogens is 344 g/mol. The molecule has 7 nitrogen and oxygen atoms in total. The summed E-state index contributed by atoms with van der Waals surface area (Å²) in [5.41, 5.74) is 4.16. The van der Waals surface area contributed by atoms with Crippen LogP contribution in [0.2, 0.25) is 0 Å². The minimum Gasteiger partial charge on any atom is -0.467 e. The lowest BCUT2D eigenvalue weighted by atomic mass is 10.1. The number of aromatic nitrogens is 2. The van der Waals surface area contributed by atoms with E-state index in [1.165, 1.54) is 30.5 Å². The fourth-order valence-corrected chi connectivity index (χ4v) is 3.93. The molecule has 0 atom stereocenters. The Morgan fingerprint density at radius 3 is 2.93 bits per heavy atom. The zero-order chi connectivity index (χ0) is 18.6. The highest BCUT2D eigenvalue weighted by molar-refractivity contribution is 5.93. The van der Waals surface area contributed by atoms with E-state index in [1.54, 1.807) is 11.2 Å². The van der Waals surface area contributed by atoms with Crippen LogP contribution in [0.4, 0.5) is 0 Å². The van der Waals surface area contributed by atoms with Gasteiger partial charge in [0.1, 0.15) is 12.0 Å². The van der Waals surface area contributed by atoms with Gasteiger partial charge in [-0.3, -0.25) is 14.8 Å². The molecule has 1 amide bonds.